The van der Waals surface area contributed by atoms with Gasteiger partial charge in [0.15, 0.2) is 0 Å². The largest absolute Gasteiger partial charge is 0.478 e. The standard InChI is InChI=1S/C24H18Cl2N2O7/c25-16-8-4-14(5-9-16)23(32)34-19(21(29)28-13-18-3-1-2-12-27-18)20(22(30)31)35-24(33)15-6-10-17(26)11-7-15/h1-12,19-20H,13H2,(H,28,29)(H,30,31)/t19-,20-/m0/s1. The maximum absolute atomic E-state index is 12.9. The van der Waals surface area contributed by atoms with Gasteiger partial charge in [-0.15, -0.1) is 0 Å². The van der Waals surface area contributed by atoms with E-state index in [0.717, 1.165) is 0 Å². The first-order valence-electron chi connectivity index (χ1n) is 10.1. The second-order valence-corrected chi connectivity index (χ2v) is 7.92. The number of aromatic nitrogens is 1. The Hall–Kier alpha value is -3.95. The number of aliphatic carboxylic acids is 1. The summed E-state index contributed by atoms with van der Waals surface area (Å²) in [6, 6.07) is 16.0. The van der Waals surface area contributed by atoms with Gasteiger partial charge in [0.25, 0.3) is 5.91 Å². The van der Waals surface area contributed by atoms with Gasteiger partial charge < -0.3 is 19.9 Å². The molecule has 0 saturated carbocycles. The van der Waals surface area contributed by atoms with E-state index in [2.05, 4.69) is 10.3 Å². The highest BCUT2D eigenvalue weighted by molar-refractivity contribution is 6.31. The van der Waals surface area contributed by atoms with Crippen molar-refractivity contribution in [3.63, 3.8) is 0 Å². The first-order chi connectivity index (χ1) is 16.7. The minimum Gasteiger partial charge on any atom is -0.478 e. The van der Waals surface area contributed by atoms with Gasteiger partial charge >= 0.3 is 17.9 Å². The lowest BCUT2D eigenvalue weighted by atomic mass is 10.1. The van der Waals surface area contributed by atoms with Crippen molar-refractivity contribution in [1.82, 2.24) is 10.3 Å². The van der Waals surface area contributed by atoms with E-state index < -0.39 is 36.0 Å². The number of carboxylic acids is 1. The van der Waals surface area contributed by atoms with Crippen molar-refractivity contribution in [1.29, 1.82) is 0 Å². The van der Waals surface area contributed by atoms with E-state index in [4.69, 9.17) is 32.7 Å². The highest BCUT2D eigenvalue weighted by Gasteiger charge is 2.40. The lowest BCUT2D eigenvalue weighted by molar-refractivity contribution is -0.159. The molecule has 0 saturated heterocycles. The summed E-state index contributed by atoms with van der Waals surface area (Å²) in [5.41, 5.74) is 0.455. The van der Waals surface area contributed by atoms with E-state index in [1.807, 2.05) is 0 Å². The van der Waals surface area contributed by atoms with Crippen molar-refractivity contribution in [2.24, 2.45) is 0 Å². The molecule has 11 heteroatoms. The summed E-state index contributed by atoms with van der Waals surface area (Å²) in [4.78, 5) is 54.2. The van der Waals surface area contributed by atoms with E-state index in [-0.39, 0.29) is 17.7 Å². The van der Waals surface area contributed by atoms with Gasteiger partial charge in [-0.25, -0.2) is 14.4 Å². The van der Waals surface area contributed by atoms with E-state index in [1.54, 1.807) is 18.2 Å². The van der Waals surface area contributed by atoms with Gasteiger partial charge in [-0.2, -0.15) is 0 Å². The van der Waals surface area contributed by atoms with E-state index in [9.17, 15) is 24.3 Å². The predicted octanol–water partition coefficient (Wildman–Crippen LogP) is 3.54. The van der Waals surface area contributed by atoms with Crippen molar-refractivity contribution in [2.75, 3.05) is 0 Å². The third-order valence-electron chi connectivity index (χ3n) is 4.57. The van der Waals surface area contributed by atoms with E-state index in [1.165, 1.54) is 54.7 Å². The summed E-state index contributed by atoms with van der Waals surface area (Å²) >= 11 is 11.6. The molecule has 1 amide bonds. The lowest BCUT2D eigenvalue weighted by Crippen LogP contribution is -2.50. The fourth-order valence-electron chi connectivity index (χ4n) is 2.81. The number of esters is 2. The lowest BCUT2D eigenvalue weighted by Gasteiger charge is -2.23. The number of benzene rings is 2. The molecule has 0 radical (unpaired) electrons. The molecule has 1 aromatic heterocycles. The molecular formula is C24H18Cl2N2O7. The third kappa shape index (κ3) is 7.26. The van der Waals surface area contributed by atoms with Gasteiger partial charge in [-0.1, -0.05) is 29.3 Å². The van der Waals surface area contributed by atoms with Gasteiger partial charge in [0.05, 0.1) is 23.4 Å². The number of carbonyl (C=O) groups excluding carboxylic acids is 3. The molecule has 0 bridgehead atoms. The number of ether oxygens (including phenoxy) is 2. The predicted molar refractivity (Wildman–Crippen MR) is 125 cm³/mol. The summed E-state index contributed by atoms with van der Waals surface area (Å²) in [7, 11) is 0. The molecule has 3 aromatic rings. The normalized spacial score (nSPS) is 12.2. The van der Waals surface area contributed by atoms with Crippen molar-refractivity contribution in [2.45, 2.75) is 18.8 Å². The van der Waals surface area contributed by atoms with E-state index in [0.29, 0.717) is 15.7 Å². The highest BCUT2D eigenvalue weighted by atomic mass is 35.5. The van der Waals surface area contributed by atoms with E-state index >= 15 is 0 Å². The molecule has 0 fully saturated rings. The number of amides is 1. The summed E-state index contributed by atoms with van der Waals surface area (Å²) < 4.78 is 10.3. The van der Waals surface area contributed by atoms with Crippen molar-refractivity contribution in [3.05, 3.63) is 99.8 Å². The molecule has 0 aliphatic rings. The number of pyridine rings is 1. The van der Waals surface area contributed by atoms with Crippen LogP contribution in [0.25, 0.3) is 0 Å². The van der Waals surface area contributed by atoms with Crippen LogP contribution in [0, 0.1) is 0 Å². The molecule has 9 nitrogen and oxygen atoms in total. The Morgan fingerprint density at radius 3 is 1.77 bits per heavy atom. The number of nitrogens with one attached hydrogen (secondary N) is 1. The SMILES string of the molecule is O=C(O[C@H](C(=O)O)[C@H](OC(=O)c1ccc(Cl)cc1)C(=O)NCc1ccccn1)c1ccc(Cl)cc1. The average Bonchev–Trinajstić information content (AvgIpc) is 2.85. The zero-order valence-corrected chi connectivity index (χ0v) is 19.4. The zero-order valence-electron chi connectivity index (χ0n) is 17.9. The summed E-state index contributed by atoms with van der Waals surface area (Å²) in [5.74, 6) is -4.78. The highest BCUT2D eigenvalue weighted by Crippen LogP contribution is 2.16. The minimum atomic E-state index is -2.15. The van der Waals surface area contributed by atoms with Crippen LogP contribution < -0.4 is 5.32 Å². The molecule has 2 atom stereocenters. The van der Waals surface area contributed by atoms with Gasteiger partial charge in [0.2, 0.25) is 12.2 Å². The third-order valence-corrected chi connectivity index (χ3v) is 5.08. The fourth-order valence-corrected chi connectivity index (χ4v) is 3.07. The molecule has 35 heavy (non-hydrogen) atoms. The van der Waals surface area contributed by atoms with Crippen LogP contribution in [0.3, 0.4) is 0 Å². The number of halogens is 2. The van der Waals surface area contributed by atoms with Crippen molar-refractivity contribution in [3.8, 4) is 0 Å². The summed E-state index contributed by atoms with van der Waals surface area (Å²) in [6.07, 6.45) is -2.66. The summed E-state index contributed by atoms with van der Waals surface area (Å²) in [6.45, 7) is -0.0911. The van der Waals surface area contributed by atoms with Crippen molar-refractivity contribution < 1.29 is 33.8 Å². The Kier molecular flexibility index (Phi) is 8.77. The second kappa shape index (κ2) is 12.0. The quantitative estimate of drug-likeness (QED) is 0.412. The molecule has 3 rings (SSSR count). The average molecular weight is 517 g/mol. The Labute approximate surface area is 209 Å². The number of hydrogen-bond acceptors (Lipinski definition) is 7. The monoisotopic (exact) mass is 516 g/mol. The number of hydrogen-bond donors (Lipinski definition) is 2. The van der Waals surface area contributed by atoms with Crippen LogP contribution in [-0.2, 0) is 25.6 Å². The number of rotatable bonds is 9. The van der Waals surface area contributed by atoms with Crippen LogP contribution in [0.1, 0.15) is 26.4 Å². The minimum absolute atomic E-state index is 0.00472. The second-order valence-electron chi connectivity index (χ2n) is 7.04. The molecule has 2 N–H and O–H groups in total. The molecular weight excluding hydrogens is 499 g/mol. The first kappa shape index (κ1) is 25.7. The topological polar surface area (TPSA) is 132 Å². The van der Waals surface area contributed by atoms with Gasteiger partial charge in [-0.05, 0) is 60.7 Å². The number of carbonyl (C=O) groups is 4. The Balaban J connectivity index is 1.85. The molecule has 0 aliphatic carbocycles. The Bertz CT molecular complexity index is 1200. The number of carboxylic acid groups (broad SMARTS) is 1. The van der Waals surface area contributed by atoms with Gasteiger partial charge in [0, 0.05) is 16.2 Å². The molecule has 2 aromatic carbocycles. The molecule has 0 unspecified atom stereocenters. The molecule has 180 valence electrons. The first-order valence-corrected chi connectivity index (χ1v) is 10.8. The maximum atomic E-state index is 12.9. The number of nitrogens with zero attached hydrogens (tertiary/aromatic N) is 1. The van der Waals surface area contributed by atoms with Crippen LogP contribution >= 0.6 is 23.2 Å². The van der Waals surface area contributed by atoms with Gasteiger partial charge in [0.1, 0.15) is 0 Å². The zero-order chi connectivity index (χ0) is 25.4. The van der Waals surface area contributed by atoms with Crippen LogP contribution in [0.5, 0.6) is 0 Å². The molecule has 0 spiro atoms. The van der Waals surface area contributed by atoms with Crippen LogP contribution in [0.15, 0.2) is 72.9 Å². The van der Waals surface area contributed by atoms with Gasteiger partial charge in [-0.3, -0.25) is 9.78 Å². The Morgan fingerprint density at radius 2 is 1.31 bits per heavy atom. The molecule has 1 heterocycles. The van der Waals surface area contributed by atoms with Crippen LogP contribution in [-0.4, -0.2) is 46.1 Å². The fraction of sp³-hybridized carbons (Fsp3) is 0.125. The van der Waals surface area contributed by atoms with Crippen LogP contribution in [0.4, 0.5) is 0 Å². The smallest absolute Gasteiger partial charge is 0.349 e. The van der Waals surface area contributed by atoms with Crippen molar-refractivity contribution >= 4 is 47.0 Å². The summed E-state index contributed by atoms with van der Waals surface area (Å²) in [5, 5.41) is 12.9. The molecule has 0 aliphatic heterocycles. The van der Waals surface area contributed by atoms with Crippen LogP contribution in [0.2, 0.25) is 10.0 Å². The maximum Gasteiger partial charge on any atom is 0.349 e. The Morgan fingerprint density at radius 1 is 0.800 bits per heavy atom.